The topological polar surface area (TPSA) is 37.4 Å². The van der Waals surface area contributed by atoms with E-state index in [1.807, 2.05) is 17.0 Å². The zero-order valence-corrected chi connectivity index (χ0v) is 14.3. The van der Waals surface area contributed by atoms with Crippen molar-refractivity contribution in [1.29, 1.82) is 0 Å². The van der Waals surface area contributed by atoms with Crippen molar-refractivity contribution >= 4 is 44.4 Å². The van der Waals surface area contributed by atoms with Gasteiger partial charge in [-0.25, -0.2) is 0 Å². The summed E-state index contributed by atoms with van der Waals surface area (Å²) >= 11 is 4.75. The third-order valence-electron chi connectivity index (χ3n) is 3.32. The molecule has 108 valence electrons. The van der Waals surface area contributed by atoms with E-state index in [9.17, 15) is 9.59 Å². The molecule has 0 radical (unpaired) electrons. The van der Waals surface area contributed by atoms with Gasteiger partial charge in [-0.1, -0.05) is 41.5 Å². The summed E-state index contributed by atoms with van der Waals surface area (Å²) in [5.41, 5.74) is 2.13. The van der Waals surface area contributed by atoms with Crippen LogP contribution in [0.15, 0.2) is 22.7 Å². The fourth-order valence-corrected chi connectivity index (χ4v) is 3.75. The first kappa shape index (κ1) is 15.6. The summed E-state index contributed by atoms with van der Waals surface area (Å²) in [6.07, 6.45) is 0.442. The second kappa shape index (κ2) is 6.31. The molecule has 0 saturated carbocycles. The maximum atomic E-state index is 12.2. The van der Waals surface area contributed by atoms with Crippen LogP contribution in [0.2, 0.25) is 0 Å². The minimum Gasteiger partial charge on any atom is -0.311 e. The van der Waals surface area contributed by atoms with Gasteiger partial charge < -0.3 is 4.90 Å². The number of halogens is 1. The zero-order valence-electron chi connectivity index (χ0n) is 11.9. The monoisotopic (exact) mass is 355 g/mol. The molecule has 1 unspecified atom stereocenters. The van der Waals surface area contributed by atoms with Gasteiger partial charge >= 0.3 is 0 Å². The van der Waals surface area contributed by atoms with Crippen LogP contribution in [0, 0.1) is 0 Å². The van der Waals surface area contributed by atoms with Gasteiger partial charge in [0.05, 0.1) is 0 Å². The lowest BCUT2D eigenvalue weighted by atomic mass is 10.0. The summed E-state index contributed by atoms with van der Waals surface area (Å²) < 4.78 is 1.02. The van der Waals surface area contributed by atoms with Crippen molar-refractivity contribution in [2.24, 2.45) is 0 Å². The summed E-state index contributed by atoms with van der Waals surface area (Å²) in [6, 6.07) is 6.01. The standard InChI is InChI=1S/C15H18BrNO2S/c1-9(2)13-6-11(16)4-5-14(13)17-8-12(7-15(17)19)20-10(3)18/h4-6,9,12H,7-8H2,1-3H3. The molecule has 1 heterocycles. The Bertz CT molecular complexity index is 545. The summed E-state index contributed by atoms with van der Waals surface area (Å²) in [5.74, 6) is 0.447. The van der Waals surface area contributed by atoms with Crippen LogP contribution in [0.25, 0.3) is 0 Å². The highest BCUT2D eigenvalue weighted by Gasteiger charge is 2.33. The Kier molecular flexibility index (Phi) is 4.91. The molecule has 5 heteroatoms. The molecule has 2 rings (SSSR count). The van der Waals surface area contributed by atoms with E-state index >= 15 is 0 Å². The quantitative estimate of drug-likeness (QED) is 0.823. The van der Waals surface area contributed by atoms with Crippen LogP contribution >= 0.6 is 27.7 Å². The molecule has 0 aromatic heterocycles. The van der Waals surface area contributed by atoms with Gasteiger partial charge in [0.2, 0.25) is 5.91 Å². The molecule has 1 saturated heterocycles. The number of carbonyl (C=O) groups is 2. The zero-order chi connectivity index (χ0) is 14.9. The maximum Gasteiger partial charge on any atom is 0.228 e. The smallest absolute Gasteiger partial charge is 0.228 e. The highest BCUT2D eigenvalue weighted by Crippen LogP contribution is 2.35. The van der Waals surface area contributed by atoms with Gasteiger partial charge in [-0.15, -0.1) is 0 Å². The number of rotatable bonds is 3. The molecule has 1 aromatic carbocycles. The second-order valence-corrected chi connectivity index (χ2v) is 7.69. The second-order valence-electron chi connectivity index (χ2n) is 5.30. The van der Waals surface area contributed by atoms with E-state index in [0.717, 1.165) is 15.7 Å². The molecule has 20 heavy (non-hydrogen) atoms. The van der Waals surface area contributed by atoms with E-state index in [4.69, 9.17) is 0 Å². The lowest BCUT2D eigenvalue weighted by molar-refractivity contribution is -0.117. The van der Waals surface area contributed by atoms with Crippen LogP contribution in [0.1, 0.15) is 38.7 Å². The van der Waals surface area contributed by atoms with Crippen LogP contribution in [-0.2, 0) is 9.59 Å². The average molecular weight is 356 g/mol. The van der Waals surface area contributed by atoms with Crippen molar-refractivity contribution in [3.8, 4) is 0 Å². The number of nitrogens with zero attached hydrogens (tertiary/aromatic N) is 1. The minimum atomic E-state index is 0.0728. The van der Waals surface area contributed by atoms with E-state index in [-0.39, 0.29) is 16.3 Å². The molecule has 0 N–H and O–H groups in total. The lowest BCUT2D eigenvalue weighted by Crippen LogP contribution is -2.26. The highest BCUT2D eigenvalue weighted by atomic mass is 79.9. The average Bonchev–Trinajstić information content (AvgIpc) is 2.69. The third kappa shape index (κ3) is 3.44. The van der Waals surface area contributed by atoms with Crippen LogP contribution in [-0.4, -0.2) is 22.8 Å². The van der Waals surface area contributed by atoms with Crippen molar-refractivity contribution in [2.75, 3.05) is 11.4 Å². The number of hydrogen-bond donors (Lipinski definition) is 0. The van der Waals surface area contributed by atoms with E-state index in [2.05, 4.69) is 35.8 Å². The minimum absolute atomic E-state index is 0.0728. The number of benzene rings is 1. The summed E-state index contributed by atoms with van der Waals surface area (Å²) in [4.78, 5) is 25.2. The summed E-state index contributed by atoms with van der Waals surface area (Å²) in [7, 11) is 0. The normalized spacial score (nSPS) is 18.9. The molecule has 1 fully saturated rings. The van der Waals surface area contributed by atoms with Gasteiger partial charge in [0, 0.05) is 35.3 Å². The van der Waals surface area contributed by atoms with Crippen molar-refractivity contribution in [2.45, 2.75) is 38.4 Å². The predicted molar refractivity (Wildman–Crippen MR) is 87.3 cm³/mol. The Morgan fingerprint density at radius 3 is 2.75 bits per heavy atom. The van der Waals surface area contributed by atoms with E-state index < -0.39 is 0 Å². The van der Waals surface area contributed by atoms with Gasteiger partial charge in [0.25, 0.3) is 0 Å². The number of hydrogen-bond acceptors (Lipinski definition) is 3. The Morgan fingerprint density at radius 1 is 1.45 bits per heavy atom. The number of thioether (sulfide) groups is 1. The van der Waals surface area contributed by atoms with Crippen LogP contribution in [0.4, 0.5) is 5.69 Å². The van der Waals surface area contributed by atoms with Crippen LogP contribution < -0.4 is 4.90 Å². The summed E-state index contributed by atoms with van der Waals surface area (Å²) in [5, 5.41) is 0.146. The SMILES string of the molecule is CC(=O)SC1CC(=O)N(c2ccc(Br)cc2C(C)C)C1. The number of carbonyl (C=O) groups excluding carboxylic acids is 2. The van der Waals surface area contributed by atoms with Crippen molar-refractivity contribution < 1.29 is 9.59 Å². The molecule has 0 aliphatic carbocycles. The van der Waals surface area contributed by atoms with Crippen molar-refractivity contribution in [3.63, 3.8) is 0 Å². The van der Waals surface area contributed by atoms with E-state index in [1.54, 1.807) is 6.92 Å². The highest BCUT2D eigenvalue weighted by molar-refractivity contribution is 9.10. The molecular weight excluding hydrogens is 338 g/mol. The lowest BCUT2D eigenvalue weighted by Gasteiger charge is -2.22. The Labute approximate surface area is 132 Å². The third-order valence-corrected chi connectivity index (χ3v) is 4.80. The van der Waals surface area contributed by atoms with Gasteiger partial charge in [-0.2, -0.15) is 0 Å². The van der Waals surface area contributed by atoms with Gasteiger partial charge in [-0.05, 0) is 29.7 Å². The largest absolute Gasteiger partial charge is 0.311 e. The summed E-state index contributed by atoms with van der Waals surface area (Å²) in [6.45, 7) is 6.41. The van der Waals surface area contributed by atoms with Crippen LogP contribution in [0.3, 0.4) is 0 Å². The van der Waals surface area contributed by atoms with Crippen molar-refractivity contribution in [3.05, 3.63) is 28.2 Å². The van der Waals surface area contributed by atoms with Gasteiger partial charge in [-0.3, -0.25) is 9.59 Å². The molecule has 1 aliphatic rings. The van der Waals surface area contributed by atoms with Crippen LogP contribution in [0.5, 0.6) is 0 Å². The first-order valence-electron chi connectivity index (χ1n) is 6.65. The molecule has 0 bridgehead atoms. The molecule has 1 amide bonds. The van der Waals surface area contributed by atoms with E-state index in [1.165, 1.54) is 11.8 Å². The van der Waals surface area contributed by atoms with E-state index in [0.29, 0.717) is 18.9 Å². The first-order valence-corrected chi connectivity index (χ1v) is 8.32. The Balaban J connectivity index is 2.28. The molecule has 1 aliphatic heterocycles. The maximum absolute atomic E-state index is 12.2. The Morgan fingerprint density at radius 2 is 2.15 bits per heavy atom. The predicted octanol–water partition coefficient (Wildman–Crippen LogP) is 3.96. The number of amides is 1. The fraction of sp³-hybridized carbons (Fsp3) is 0.467. The first-order chi connectivity index (χ1) is 9.38. The fourth-order valence-electron chi connectivity index (χ4n) is 2.45. The molecular formula is C15H18BrNO2S. The number of anilines is 1. The molecule has 1 aromatic rings. The Hall–Kier alpha value is -0.810. The molecule has 3 nitrogen and oxygen atoms in total. The molecule has 1 atom stereocenters. The van der Waals surface area contributed by atoms with Gasteiger partial charge in [0.1, 0.15) is 0 Å². The van der Waals surface area contributed by atoms with Crippen molar-refractivity contribution in [1.82, 2.24) is 0 Å². The van der Waals surface area contributed by atoms with Gasteiger partial charge in [0.15, 0.2) is 5.12 Å². The molecule has 0 spiro atoms.